The molecule has 0 aromatic heterocycles. The molecular formula is C10H22IN3O. The van der Waals surface area contributed by atoms with Gasteiger partial charge in [-0.25, -0.2) is 0 Å². The average Bonchev–Trinajstić information content (AvgIpc) is 2.13. The molecule has 0 aromatic carbocycles. The van der Waals surface area contributed by atoms with Crippen LogP contribution in [0.25, 0.3) is 0 Å². The second kappa shape index (κ2) is 4.83. The number of rotatable bonds is 1. The van der Waals surface area contributed by atoms with Gasteiger partial charge in [0, 0.05) is 12.1 Å². The maximum Gasteiger partial charge on any atom is 0.121 e. The lowest BCUT2D eigenvalue weighted by molar-refractivity contribution is -0.117. The first kappa shape index (κ1) is 13.6. The minimum atomic E-state index is -0.100. The molecule has 0 saturated carbocycles. The first-order valence-corrected chi connectivity index (χ1v) is 6.51. The Bertz CT molecular complexity index is 217. The third-order valence-electron chi connectivity index (χ3n) is 2.88. The highest BCUT2D eigenvalue weighted by Gasteiger charge is 2.45. The van der Waals surface area contributed by atoms with E-state index in [9.17, 15) is 0 Å². The SMILES string of the molecule is CNC1OC(C(C)(C)C)C(N)C(N)C1I. The lowest BCUT2D eigenvalue weighted by Gasteiger charge is -2.47. The number of nitrogens with one attached hydrogen (secondary N) is 1. The molecule has 1 saturated heterocycles. The van der Waals surface area contributed by atoms with Crippen LogP contribution in [0.15, 0.2) is 0 Å². The van der Waals surface area contributed by atoms with Crippen LogP contribution >= 0.6 is 22.6 Å². The Labute approximate surface area is 106 Å². The van der Waals surface area contributed by atoms with Crippen molar-refractivity contribution in [1.29, 1.82) is 0 Å². The van der Waals surface area contributed by atoms with Gasteiger partial charge in [0.2, 0.25) is 0 Å². The minimum absolute atomic E-state index is 0.00374. The Morgan fingerprint density at radius 1 is 1.20 bits per heavy atom. The van der Waals surface area contributed by atoms with Crippen LogP contribution in [0.3, 0.4) is 0 Å². The molecule has 15 heavy (non-hydrogen) atoms. The molecule has 0 spiro atoms. The van der Waals surface area contributed by atoms with Gasteiger partial charge in [-0.15, -0.1) is 0 Å². The molecule has 0 radical (unpaired) electrons. The van der Waals surface area contributed by atoms with E-state index in [-0.39, 0.29) is 33.8 Å². The summed E-state index contributed by atoms with van der Waals surface area (Å²) >= 11 is 2.31. The number of ether oxygens (including phenoxy) is 1. The summed E-state index contributed by atoms with van der Waals surface area (Å²) in [6.07, 6.45) is -0.0133. The fourth-order valence-corrected chi connectivity index (χ4v) is 2.96. The van der Waals surface area contributed by atoms with Crippen LogP contribution in [-0.4, -0.2) is 35.4 Å². The molecule has 1 heterocycles. The van der Waals surface area contributed by atoms with Crippen LogP contribution in [0.1, 0.15) is 20.8 Å². The van der Waals surface area contributed by atoms with Gasteiger partial charge in [-0.1, -0.05) is 43.4 Å². The van der Waals surface area contributed by atoms with Gasteiger partial charge in [-0.2, -0.15) is 0 Å². The molecule has 0 aliphatic carbocycles. The Kier molecular flexibility index (Phi) is 4.39. The summed E-state index contributed by atoms with van der Waals surface area (Å²) in [5.74, 6) is 0. The summed E-state index contributed by atoms with van der Waals surface area (Å²) in [5, 5.41) is 3.14. The number of halogens is 1. The Hall–Kier alpha value is 0.570. The summed E-state index contributed by atoms with van der Waals surface area (Å²) in [7, 11) is 1.89. The van der Waals surface area contributed by atoms with Crippen LogP contribution < -0.4 is 16.8 Å². The van der Waals surface area contributed by atoms with E-state index < -0.39 is 0 Å². The second-order valence-corrected chi connectivity index (χ2v) is 6.67. The monoisotopic (exact) mass is 327 g/mol. The topological polar surface area (TPSA) is 73.3 Å². The molecule has 90 valence electrons. The smallest absolute Gasteiger partial charge is 0.121 e. The Balaban J connectivity index is 2.83. The number of nitrogens with two attached hydrogens (primary N) is 2. The molecule has 0 bridgehead atoms. The van der Waals surface area contributed by atoms with Crippen LogP contribution in [0.5, 0.6) is 0 Å². The molecule has 5 atom stereocenters. The van der Waals surface area contributed by atoms with E-state index in [1.165, 1.54) is 0 Å². The molecule has 0 amide bonds. The van der Waals surface area contributed by atoms with E-state index >= 15 is 0 Å². The van der Waals surface area contributed by atoms with Crippen molar-refractivity contribution >= 4 is 22.6 Å². The van der Waals surface area contributed by atoms with Crippen molar-refractivity contribution in [3.05, 3.63) is 0 Å². The van der Waals surface area contributed by atoms with Gasteiger partial charge in [-0.05, 0) is 12.5 Å². The van der Waals surface area contributed by atoms with Crippen molar-refractivity contribution in [2.24, 2.45) is 16.9 Å². The first-order valence-electron chi connectivity index (χ1n) is 5.27. The first-order chi connectivity index (χ1) is 6.79. The van der Waals surface area contributed by atoms with Crippen molar-refractivity contribution in [2.45, 2.75) is 49.1 Å². The number of alkyl halides is 1. The maximum absolute atomic E-state index is 6.13. The van der Waals surface area contributed by atoms with Crippen LogP contribution in [0, 0.1) is 5.41 Å². The van der Waals surface area contributed by atoms with Gasteiger partial charge < -0.3 is 16.2 Å². The molecule has 0 aromatic rings. The average molecular weight is 327 g/mol. The summed E-state index contributed by atoms with van der Waals surface area (Å²) in [4.78, 5) is 0. The van der Waals surface area contributed by atoms with Crippen molar-refractivity contribution in [1.82, 2.24) is 5.32 Å². The van der Waals surface area contributed by atoms with E-state index in [0.29, 0.717) is 0 Å². The molecule has 1 aliphatic heterocycles. The Morgan fingerprint density at radius 2 is 1.73 bits per heavy atom. The van der Waals surface area contributed by atoms with Crippen LogP contribution in [-0.2, 0) is 4.74 Å². The predicted molar refractivity (Wildman–Crippen MR) is 70.9 cm³/mol. The highest BCUT2D eigenvalue weighted by atomic mass is 127. The standard InChI is InChI=1S/C10H22IN3O/c1-10(2,3)8-7(13)6(12)5(11)9(14-4)15-8/h5-9,14H,12-13H2,1-4H3. The van der Waals surface area contributed by atoms with Gasteiger partial charge in [0.05, 0.1) is 10.0 Å². The lowest BCUT2D eigenvalue weighted by Crippen LogP contribution is -2.67. The maximum atomic E-state index is 6.13. The van der Waals surface area contributed by atoms with Gasteiger partial charge in [0.15, 0.2) is 0 Å². The van der Waals surface area contributed by atoms with E-state index in [1.54, 1.807) is 0 Å². The summed E-state index contributed by atoms with van der Waals surface area (Å²) in [5.41, 5.74) is 12.3. The number of hydrogen-bond donors (Lipinski definition) is 3. The van der Waals surface area contributed by atoms with E-state index in [4.69, 9.17) is 16.2 Å². The van der Waals surface area contributed by atoms with E-state index in [0.717, 1.165) is 0 Å². The third kappa shape index (κ3) is 2.82. The van der Waals surface area contributed by atoms with Crippen molar-refractivity contribution in [2.75, 3.05) is 7.05 Å². The summed E-state index contributed by atoms with van der Waals surface area (Å²) in [6, 6.07) is -0.127. The lowest BCUT2D eigenvalue weighted by atomic mass is 9.80. The molecule has 1 rings (SSSR count). The fourth-order valence-electron chi connectivity index (χ4n) is 1.95. The zero-order valence-corrected chi connectivity index (χ0v) is 12.0. The molecule has 1 fully saturated rings. The van der Waals surface area contributed by atoms with Crippen molar-refractivity contribution < 1.29 is 4.74 Å². The molecular weight excluding hydrogens is 305 g/mol. The van der Waals surface area contributed by atoms with Gasteiger partial charge in [0.25, 0.3) is 0 Å². The quantitative estimate of drug-likeness (QED) is 0.483. The predicted octanol–water partition coefficient (Wildman–Crippen LogP) is 0.435. The highest BCUT2D eigenvalue weighted by molar-refractivity contribution is 14.1. The van der Waals surface area contributed by atoms with Gasteiger partial charge in [-0.3, -0.25) is 5.32 Å². The molecule has 4 nitrogen and oxygen atoms in total. The molecule has 5 unspecified atom stereocenters. The number of hydrogen-bond acceptors (Lipinski definition) is 4. The molecule has 5 heteroatoms. The summed E-state index contributed by atoms with van der Waals surface area (Å²) < 4.78 is 6.18. The molecule has 5 N–H and O–H groups in total. The normalized spacial score (nSPS) is 43.0. The second-order valence-electron chi connectivity index (χ2n) is 5.23. The van der Waals surface area contributed by atoms with E-state index in [2.05, 4.69) is 48.7 Å². The Morgan fingerprint density at radius 3 is 2.13 bits per heavy atom. The largest absolute Gasteiger partial charge is 0.357 e. The van der Waals surface area contributed by atoms with Crippen molar-refractivity contribution in [3.8, 4) is 0 Å². The third-order valence-corrected chi connectivity index (χ3v) is 4.37. The van der Waals surface area contributed by atoms with Crippen LogP contribution in [0.2, 0.25) is 0 Å². The van der Waals surface area contributed by atoms with Crippen molar-refractivity contribution in [3.63, 3.8) is 0 Å². The van der Waals surface area contributed by atoms with E-state index in [1.807, 2.05) is 7.05 Å². The minimum Gasteiger partial charge on any atom is -0.357 e. The van der Waals surface area contributed by atoms with Crippen LogP contribution in [0.4, 0.5) is 0 Å². The van der Waals surface area contributed by atoms with Gasteiger partial charge in [0.1, 0.15) is 6.23 Å². The summed E-state index contributed by atoms with van der Waals surface area (Å²) in [6.45, 7) is 6.39. The van der Waals surface area contributed by atoms with Gasteiger partial charge >= 0.3 is 0 Å². The zero-order valence-electron chi connectivity index (χ0n) is 9.83. The molecule has 1 aliphatic rings. The fraction of sp³-hybridized carbons (Fsp3) is 1.00. The zero-order chi connectivity index (χ0) is 11.8. The highest BCUT2D eigenvalue weighted by Crippen LogP contribution is 2.32.